The second kappa shape index (κ2) is 26.7. The standard InChI is InChI=1S/C40H71N3O7/c1-7-8-9-10-11-12-13-14-15-16-17-18-19-20-25-38(45)39-42-37-24-22-21-23-36(37)40(46)43(39)41-26-32(3)48-28-34(5)50-30-35(6)49-29-33(4)47-27-31(2)44/h21-24,31-35,38,41,44-45H,7-20,25-30H2,1-6H3. The summed E-state index contributed by atoms with van der Waals surface area (Å²) in [7, 11) is 0. The van der Waals surface area contributed by atoms with Gasteiger partial charge in [0.1, 0.15) is 6.10 Å². The number of para-hydroxylation sites is 1. The lowest BCUT2D eigenvalue weighted by molar-refractivity contribution is -0.0903. The summed E-state index contributed by atoms with van der Waals surface area (Å²) in [4.78, 5) is 18.2. The maximum Gasteiger partial charge on any atom is 0.280 e. The van der Waals surface area contributed by atoms with Gasteiger partial charge in [-0.05, 0) is 53.2 Å². The predicted molar refractivity (Wildman–Crippen MR) is 203 cm³/mol. The van der Waals surface area contributed by atoms with E-state index in [1.807, 2.05) is 45.9 Å². The molecule has 1 aromatic heterocycles. The van der Waals surface area contributed by atoms with Gasteiger partial charge in [0, 0.05) is 0 Å². The molecule has 288 valence electrons. The molecule has 3 N–H and O–H groups in total. The van der Waals surface area contributed by atoms with Crippen molar-refractivity contribution in [2.75, 3.05) is 38.4 Å². The monoisotopic (exact) mass is 706 g/mol. The number of aliphatic hydroxyl groups is 2. The van der Waals surface area contributed by atoms with E-state index in [9.17, 15) is 15.0 Å². The number of aliphatic hydroxyl groups excluding tert-OH is 2. The van der Waals surface area contributed by atoms with E-state index in [1.54, 1.807) is 13.0 Å². The van der Waals surface area contributed by atoms with Crippen molar-refractivity contribution in [1.29, 1.82) is 0 Å². The minimum Gasteiger partial charge on any atom is -0.391 e. The van der Waals surface area contributed by atoms with Crippen LogP contribution in [0.25, 0.3) is 10.9 Å². The van der Waals surface area contributed by atoms with Crippen molar-refractivity contribution in [3.63, 3.8) is 0 Å². The van der Waals surface area contributed by atoms with Crippen LogP contribution in [0.4, 0.5) is 0 Å². The van der Waals surface area contributed by atoms with Crippen molar-refractivity contribution < 1.29 is 29.2 Å². The van der Waals surface area contributed by atoms with Crippen molar-refractivity contribution in [2.24, 2.45) is 0 Å². The van der Waals surface area contributed by atoms with Gasteiger partial charge in [-0.1, -0.05) is 109 Å². The summed E-state index contributed by atoms with van der Waals surface area (Å²) >= 11 is 0. The van der Waals surface area contributed by atoms with Gasteiger partial charge in [0.15, 0.2) is 5.82 Å². The summed E-state index contributed by atoms with van der Waals surface area (Å²) in [5.74, 6) is 0.340. The molecule has 0 aliphatic carbocycles. The number of rotatable bonds is 31. The summed E-state index contributed by atoms with van der Waals surface area (Å²) < 4.78 is 24.7. The number of hydrogen-bond donors (Lipinski definition) is 3. The molecule has 1 aromatic carbocycles. The van der Waals surface area contributed by atoms with Crippen LogP contribution >= 0.6 is 0 Å². The third-order valence-corrected chi connectivity index (χ3v) is 8.94. The summed E-state index contributed by atoms with van der Waals surface area (Å²) in [6.07, 6.45) is 16.5. The van der Waals surface area contributed by atoms with E-state index in [-0.39, 0.29) is 36.6 Å². The predicted octanol–water partition coefficient (Wildman–Crippen LogP) is 7.85. The Morgan fingerprint density at radius 1 is 0.660 bits per heavy atom. The van der Waals surface area contributed by atoms with Crippen molar-refractivity contribution >= 4 is 10.9 Å². The van der Waals surface area contributed by atoms with Gasteiger partial charge in [-0.15, -0.1) is 0 Å². The zero-order valence-corrected chi connectivity index (χ0v) is 32.2. The average Bonchev–Trinajstić information content (AvgIpc) is 3.10. The van der Waals surface area contributed by atoms with Gasteiger partial charge in [-0.3, -0.25) is 4.79 Å². The highest BCUT2D eigenvalue weighted by Gasteiger charge is 2.19. The SMILES string of the molecule is CCCCCCCCCCCCCCCCC(O)c1nc2ccccc2c(=O)n1NCC(C)OCC(C)OCC(C)OCC(C)OCC(C)O. The normalized spacial score (nSPS) is 15.5. The number of fused-ring (bicyclic) bond motifs is 1. The fourth-order valence-corrected chi connectivity index (χ4v) is 5.81. The van der Waals surface area contributed by atoms with E-state index in [4.69, 9.17) is 23.9 Å². The molecule has 6 atom stereocenters. The Bertz CT molecular complexity index is 1190. The van der Waals surface area contributed by atoms with Crippen LogP contribution in [0, 0.1) is 0 Å². The average molecular weight is 706 g/mol. The third-order valence-electron chi connectivity index (χ3n) is 8.94. The highest BCUT2D eigenvalue weighted by molar-refractivity contribution is 5.77. The van der Waals surface area contributed by atoms with E-state index in [0.29, 0.717) is 49.5 Å². The van der Waals surface area contributed by atoms with E-state index in [2.05, 4.69) is 12.3 Å². The number of ether oxygens (including phenoxy) is 4. The number of nitrogens with zero attached hydrogens (tertiary/aromatic N) is 2. The summed E-state index contributed by atoms with van der Waals surface area (Å²) in [5, 5.41) is 21.1. The fraction of sp³-hybridized carbons (Fsp3) is 0.800. The Balaban J connectivity index is 1.74. The zero-order valence-electron chi connectivity index (χ0n) is 32.2. The molecule has 0 fully saturated rings. The van der Waals surface area contributed by atoms with Crippen molar-refractivity contribution in [3.8, 4) is 0 Å². The molecule has 0 aliphatic heterocycles. The Kier molecular flexibility index (Phi) is 23.5. The Labute approximate surface area is 302 Å². The van der Waals surface area contributed by atoms with Crippen LogP contribution in [0.1, 0.15) is 150 Å². The molecule has 10 heteroatoms. The topological polar surface area (TPSA) is 124 Å². The molecule has 0 amide bonds. The molecule has 1 heterocycles. The lowest BCUT2D eigenvalue weighted by Crippen LogP contribution is -2.38. The third kappa shape index (κ3) is 19.0. The summed E-state index contributed by atoms with van der Waals surface area (Å²) in [5.41, 5.74) is 3.55. The maximum atomic E-state index is 13.5. The van der Waals surface area contributed by atoms with Crippen LogP contribution in [0.2, 0.25) is 0 Å². The molecular formula is C40H71N3O7. The molecule has 0 saturated heterocycles. The molecule has 0 bridgehead atoms. The van der Waals surface area contributed by atoms with Gasteiger partial charge < -0.3 is 34.6 Å². The van der Waals surface area contributed by atoms with Crippen molar-refractivity contribution in [2.45, 2.75) is 174 Å². The molecule has 0 saturated carbocycles. The minimum absolute atomic E-state index is 0.114. The first-order valence-electron chi connectivity index (χ1n) is 19.7. The van der Waals surface area contributed by atoms with Crippen LogP contribution < -0.4 is 11.0 Å². The molecule has 50 heavy (non-hydrogen) atoms. The van der Waals surface area contributed by atoms with Crippen LogP contribution in [0.3, 0.4) is 0 Å². The van der Waals surface area contributed by atoms with Crippen molar-refractivity contribution in [1.82, 2.24) is 9.66 Å². The van der Waals surface area contributed by atoms with Crippen LogP contribution in [0.5, 0.6) is 0 Å². The Hall–Kier alpha value is -2.08. The van der Waals surface area contributed by atoms with Crippen molar-refractivity contribution in [3.05, 3.63) is 40.4 Å². The number of aromatic nitrogens is 2. The van der Waals surface area contributed by atoms with Gasteiger partial charge in [0.2, 0.25) is 0 Å². The Morgan fingerprint density at radius 2 is 1.12 bits per heavy atom. The molecule has 6 unspecified atom stereocenters. The summed E-state index contributed by atoms with van der Waals surface area (Å²) in [6, 6.07) is 7.26. The van der Waals surface area contributed by atoms with Crippen LogP contribution in [0.15, 0.2) is 29.1 Å². The molecule has 0 radical (unpaired) electrons. The zero-order chi connectivity index (χ0) is 36.6. The second-order valence-electron chi connectivity index (χ2n) is 14.3. The smallest absolute Gasteiger partial charge is 0.280 e. The van der Waals surface area contributed by atoms with E-state index >= 15 is 0 Å². The first-order chi connectivity index (χ1) is 24.1. The van der Waals surface area contributed by atoms with Gasteiger partial charge in [0.25, 0.3) is 5.56 Å². The number of benzene rings is 1. The highest BCUT2D eigenvalue weighted by Crippen LogP contribution is 2.20. The molecule has 2 aromatic rings. The van der Waals surface area contributed by atoms with Gasteiger partial charge in [-0.2, -0.15) is 0 Å². The molecule has 10 nitrogen and oxygen atoms in total. The molecule has 0 spiro atoms. The van der Waals surface area contributed by atoms with E-state index in [1.165, 1.54) is 81.7 Å². The van der Waals surface area contributed by atoms with Crippen LogP contribution in [-0.4, -0.2) is 83.4 Å². The maximum absolute atomic E-state index is 13.5. The number of hydrogen-bond acceptors (Lipinski definition) is 9. The Morgan fingerprint density at radius 3 is 1.64 bits per heavy atom. The number of nitrogens with one attached hydrogen (secondary N) is 1. The lowest BCUT2D eigenvalue weighted by atomic mass is 10.0. The van der Waals surface area contributed by atoms with Gasteiger partial charge in [-0.25, -0.2) is 9.66 Å². The highest BCUT2D eigenvalue weighted by atomic mass is 16.6. The van der Waals surface area contributed by atoms with E-state index < -0.39 is 12.2 Å². The quantitative estimate of drug-likeness (QED) is 0.0673. The fourth-order valence-electron chi connectivity index (χ4n) is 5.81. The summed E-state index contributed by atoms with van der Waals surface area (Å²) in [6.45, 7) is 13.6. The van der Waals surface area contributed by atoms with E-state index in [0.717, 1.165) is 12.8 Å². The molecular weight excluding hydrogens is 634 g/mol. The first-order valence-corrected chi connectivity index (χ1v) is 19.7. The largest absolute Gasteiger partial charge is 0.391 e. The van der Waals surface area contributed by atoms with Gasteiger partial charge in [0.05, 0.1) is 74.4 Å². The van der Waals surface area contributed by atoms with Crippen LogP contribution in [-0.2, 0) is 18.9 Å². The first kappa shape index (κ1) is 44.1. The molecule has 2 rings (SSSR count). The number of unbranched alkanes of at least 4 members (excludes halogenated alkanes) is 13. The lowest BCUT2D eigenvalue weighted by Gasteiger charge is -2.23. The second-order valence-corrected chi connectivity index (χ2v) is 14.3. The minimum atomic E-state index is -0.848. The molecule has 0 aliphatic rings. The van der Waals surface area contributed by atoms with Gasteiger partial charge >= 0.3 is 0 Å².